The summed E-state index contributed by atoms with van der Waals surface area (Å²) in [6, 6.07) is -0.322. The molecule has 1 N–H and O–H groups in total. The highest BCUT2D eigenvalue weighted by Crippen LogP contribution is 2.05. The molecule has 0 spiro atoms. The van der Waals surface area contributed by atoms with Crippen molar-refractivity contribution in [2.45, 2.75) is 33.4 Å². The molecule has 1 aromatic heterocycles. The largest absolute Gasteiger partial charge is 0.468 e. The fourth-order valence-corrected chi connectivity index (χ4v) is 1.52. The van der Waals surface area contributed by atoms with Gasteiger partial charge in [-0.05, 0) is 12.8 Å². The molecular formula is C11H20N4O2. The van der Waals surface area contributed by atoms with Crippen LogP contribution in [0.3, 0.4) is 0 Å². The van der Waals surface area contributed by atoms with Crippen molar-refractivity contribution >= 4 is 5.97 Å². The first-order valence-corrected chi connectivity index (χ1v) is 5.63. The number of nitrogens with one attached hydrogen (secondary N) is 1. The zero-order valence-corrected chi connectivity index (χ0v) is 11.0. The molecule has 6 nitrogen and oxygen atoms in total. The van der Waals surface area contributed by atoms with Gasteiger partial charge in [-0.1, -0.05) is 13.8 Å². The number of nitrogens with zero attached hydrogens (tertiary/aromatic N) is 3. The Morgan fingerprint density at radius 1 is 1.47 bits per heavy atom. The van der Waals surface area contributed by atoms with Crippen molar-refractivity contribution in [2.24, 2.45) is 13.0 Å². The van der Waals surface area contributed by atoms with Crippen LogP contribution in [-0.4, -0.2) is 33.9 Å². The van der Waals surface area contributed by atoms with Crippen LogP contribution in [0.5, 0.6) is 0 Å². The molecule has 0 saturated heterocycles. The number of hydrogen-bond donors (Lipinski definition) is 1. The van der Waals surface area contributed by atoms with Gasteiger partial charge in [0.2, 0.25) is 0 Å². The minimum Gasteiger partial charge on any atom is -0.468 e. The summed E-state index contributed by atoms with van der Waals surface area (Å²) in [5.74, 6) is 1.56. The van der Waals surface area contributed by atoms with Crippen molar-refractivity contribution in [1.29, 1.82) is 0 Å². The van der Waals surface area contributed by atoms with Crippen molar-refractivity contribution < 1.29 is 9.53 Å². The Bertz CT molecular complexity index is 387. The Kier molecular flexibility index (Phi) is 4.62. The molecular weight excluding hydrogens is 220 g/mol. The molecule has 1 atom stereocenters. The van der Waals surface area contributed by atoms with E-state index in [1.165, 1.54) is 7.11 Å². The maximum atomic E-state index is 11.5. The van der Waals surface area contributed by atoms with E-state index < -0.39 is 0 Å². The number of rotatable bonds is 5. The molecule has 0 aliphatic heterocycles. The van der Waals surface area contributed by atoms with Crippen LogP contribution in [0.4, 0.5) is 0 Å². The average molecular weight is 240 g/mol. The average Bonchev–Trinajstić information content (AvgIpc) is 2.60. The Morgan fingerprint density at radius 3 is 2.53 bits per heavy atom. The van der Waals surface area contributed by atoms with E-state index in [9.17, 15) is 4.79 Å². The molecule has 0 aliphatic rings. The molecule has 1 rings (SSSR count). The van der Waals surface area contributed by atoms with E-state index in [-0.39, 0.29) is 17.9 Å². The summed E-state index contributed by atoms with van der Waals surface area (Å²) in [4.78, 5) is 11.5. The molecule has 0 saturated carbocycles. The number of aryl methyl sites for hydroxylation is 1. The Hall–Kier alpha value is -1.43. The predicted molar refractivity (Wildman–Crippen MR) is 63.2 cm³/mol. The molecule has 0 aromatic carbocycles. The zero-order chi connectivity index (χ0) is 13.0. The molecule has 6 heteroatoms. The van der Waals surface area contributed by atoms with Crippen LogP contribution in [0.2, 0.25) is 0 Å². The minimum absolute atomic E-state index is 0.164. The summed E-state index contributed by atoms with van der Waals surface area (Å²) in [6.45, 7) is 6.32. The first-order chi connectivity index (χ1) is 7.97. The Morgan fingerprint density at radius 2 is 2.12 bits per heavy atom. The van der Waals surface area contributed by atoms with Crippen LogP contribution < -0.4 is 5.32 Å². The van der Waals surface area contributed by atoms with E-state index in [2.05, 4.69) is 15.5 Å². The molecule has 17 heavy (non-hydrogen) atoms. The van der Waals surface area contributed by atoms with Gasteiger partial charge in [0.1, 0.15) is 17.7 Å². The molecule has 0 aliphatic carbocycles. The second-order valence-corrected chi connectivity index (χ2v) is 4.35. The first kappa shape index (κ1) is 13.6. The van der Waals surface area contributed by atoms with Crippen molar-refractivity contribution in [1.82, 2.24) is 20.1 Å². The van der Waals surface area contributed by atoms with Gasteiger partial charge in [-0.15, -0.1) is 10.2 Å². The van der Waals surface area contributed by atoms with Crippen LogP contribution in [-0.2, 0) is 23.1 Å². The van der Waals surface area contributed by atoms with E-state index in [1.807, 2.05) is 32.4 Å². The van der Waals surface area contributed by atoms with Crippen molar-refractivity contribution in [3.05, 3.63) is 11.6 Å². The van der Waals surface area contributed by atoms with Gasteiger partial charge < -0.3 is 9.30 Å². The van der Waals surface area contributed by atoms with Gasteiger partial charge >= 0.3 is 5.97 Å². The lowest BCUT2D eigenvalue weighted by atomic mass is 10.0. The quantitative estimate of drug-likeness (QED) is 0.755. The topological polar surface area (TPSA) is 69.0 Å². The van der Waals surface area contributed by atoms with Gasteiger partial charge in [0, 0.05) is 7.05 Å². The lowest BCUT2D eigenvalue weighted by molar-refractivity contribution is -0.144. The molecule has 0 amide bonds. The van der Waals surface area contributed by atoms with Crippen molar-refractivity contribution in [2.75, 3.05) is 7.11 Å². The van der Waals surface area contributed by atoms with Gasteiger partial charge in [-0.3, -0.25) is 10.1 Å². The summed E-state index contributed by atoms with van der Waals surface area (Å²) in [6.07, 6.45) is 0. The van der Waals surface area contributed by atoms with Crippen molar-refractivity contribution in [3.8, 4) is 0 Å². The normalized spacial score (nSPS) is 12.8. The summed E-state index contributed by atoms with van der Waals surface area (Å²) >= 11 is 0. The van der Waals surface area contributed by atoms with Gasteiger partial charge in [0.15, 0.2) is 0 Å². The Labute approximate surface area is 101 Å². The van der Waals surface area contributed by atoms with Crippen LogP contribution in [0.1, 0.15) is 25.5 Å². The monoisotopic (exact) mass is 240 g/mol. The van der Waals surface area contributed by atoms with Gasteiger partial charge in [-0.25, -0.2) is 0 Å². The fourth-order valence-electron chi connectivity index (χ4n) is 1.52. The van der Waals surface area contributed by atoms with E-state index >= 15 is 0 Å². The number of carbonyl (C=O) groups is 1. The van der Waals surface area contributed by atoms with Crippen molar-refractivity contribution in [3.63, 3.8) is 0 Å². The molecule has 0 fully saturated rings. The number of methoxy groups -OCH3 is 1. The lowest BCUT2D eigenvalue weighted by Crippen LogP contribution is -2.41. The molecule has 1 aromatic rings. The van der Waals surface area contributed by atoms with Crippen LogP contribution >= 0.6 is 0 Å². The lowest BCUT2D eigenvalue weighted by Gasteiger charge is -2.19. The second kappa shape index (κ2) is 5.77. The standard InChI is InChI=1S/C11H20N4O2/c1-7(2)10(11(16)17-5)12-6-9-14-13-8(3)15(9)4/h7,10,12H,6H2,1-5H3. The maximum absolute atomic E-state index is 11.5. The maximum Gasteiger partial charge on any atom is 0.323 e. The number of carbonyl (C=O) groups excluding carboxylic acids is 1. The van der Waals surface area contributed by atoms with E-state index in [4.69, 9.17) is 4.74 Å². The van der Waals surface area contributed by atoms with E-state index in [0.717, 1.165) is 11.6 Å². The smallest absolute Gasteiger partial charge is 0.323 e. The van der Waals surface area contributed by atoms with E-state index in [0.29, 0.717) is 6.54 Å². The summed E-state index contributed by atoms with van der Waals surface area (Å²) in [7, 11) is 3.29. The zero-order valence-electron chi connectivity index (χ0n) is 11.0. The third-order valence-corrected chi connectivity index (χ3v) is 2.78. The highest BCUT2D eigenvalue weighted by molar-refractivity contribution is 5.75. The van der Waals surface area contributed by atoms with Gasteiger partial charge in [-0.2, -0.15) is 0 Å². The van der Waals surface area contributed by atoms with Crippen LogP contribution in [0, 0.1) is 12.8 Å². The summed E-state index contributed by atoms with van der Waals surface area (Å²) in [5, 5.41) is 11.1. The fraction of sp³-hybridized carbons (Fsp3) is 0.727. The highest BCUT2D eigenvalue weighted by Gasteiger charge is 2.22. The SMILES string of the molecule is COC(=O)C(NCc1nnc(C)n1C)C(C)C. The molecule has 1 unspecified atom stereocenters. The predicted octanol–water partition coefficient (Wildman–Crippen LogP) is 0.411. The second-order valence-electron chi connectivity index (χ2n) is 4.35. The number of ether oxygens (including phenoxy) is 1. The van der Waals surface area contributed by atoms with Crippen LogP contribution in [0.25, 0.3) is 0 Å². The third kappa shape index (κ3) is 3.26. The third-order valence-electron chi connectivity index (χ3n) is 2.78. The van der Waals surface area contributed by atoms with Gasteiger partial charge in [0.25, 0.3) is 0 Å². The van der Waals surface area contributed by atoms with Crippen LogP contribution in [0.15, 0.2) is 0 Å². The molecule has 96 valence electrons. The van der Waals surface area contributed by atoms with Gasteiger partial charge in [0.05, 0.1) is 13.7 Å². The molecule has 1 heterocycles. The molecule has 0 radical (unpaired) electrons. The highest BCUT2D eigenvalue weighted by atomic mass is 16.5. The minimum atomic E-state index is -0.322. The molecule has 0 bridgehead atoms. The summed E-state index contributed by atoms with van der Waals surface area (Å²) in [5.41, 5.74) is 0. The number of hydrogen-bond acceptors (Lipinski definition) is 5. The van der Waals surface area contributed by atoms with E-state index in [1.54, 1.807) is 0 Å². The first-order valence-electron chi connectivity index (χ1n) is 5.63. The summed E-state index contributed by atoms with van der Waals surface area (Å²) < 4.78 is 6.64. The number of esters is 1. The number of aromatic nitrogens is 3. The Balaban J connectivity index is 2.64.